The van der Waals surface area contributed by atoms with E-state index in [1.54, 1.807) is 6.33 Å². The molecule has 1 amide bonds. The average Bonchev–Trinajstić information content (AvgIpc) is 2.92. The Morgan fingerprint density at radius 2 is 2.14 bits per heavy atom. The van der Waals surface area contributed by atoms with Gasteiger partial charge in [-0.2, -0.15) is 0 Å². The van der Waals surface area contributed by atoms with Crippen molar-refractivity contribution in [1.82, 2.24) is 20.1 Å². The van der Waals surface area contributed by atoms with Gasteiger partial charge in [-0.05, 0) is 19.1 Å². The van der Waals surface area contributed by atoms with E-state index >= 15 is 0 Å². The molecule has 1 heterocycles. The van der Waals surface area contributed by atoms with E-state index in [2.05, 4.69) is 38.0 Å². The van der Waals surface area contributed by atoms with Crippen LogP contribution >= 0.6 is 27.7 Å². The van der Waals surface area contributed by atoms with Crippen molar-refractivity contribution >= 4 is 33.6 Å². The Balaban J connectivity index is 1.99. The van der Waals surface area contributed by atoms with Gasteiger partial charge >= 0.3 is 0 Å². The smallest absolute Gasteiger partial charge is 0.230 e. The fourth-order valence-corrected chi connectivity index (χ4v) is 2.48. The van der Waals surface area contributed by atoms with Gasteiger partial charge < -0.3 is 5.32 Å². The number of carbonyl (C=O) groups is 1. The Hall–Kier alpha value is -1.60. The second kappa shape index (κ2) is 7.42. The number of nitrogens with one attached hydrogen (secondary N) is 1. The van der Waals surface area contributed by atoms with Crippen LogP contribution in [-0.4, -0.2) is 33.0 Å². The maximum Gasteiger partial charge on any atom is 0.230 e. The van der Waals surface area contributed by atoms with E-state index in [9.17, 15) is 4.79 Å². The summed E-state index contributed by atoms with van der Waals surface area (Å²) in [5.41, 5.74) is 2.16. The van der Waals surface area contributed by atoms with Crippen LogP contribution in [0.1, 0.15) is 5.56 Å². The van der Waals surface area contributed by atoms with Gasteiger partial charge in [0.05, 0.1) is 5.75 Å². The maximum atomic E-state index is 11.7. The standard InChI is InChI=1S/C14H15BrN4OS/c1-10-3-5-12(6-4-10)19-9-17-18-14(19)21-8-13(20)16-7-11(2)15/h3-6,9H,2,7-8H2,1H3,(H,16,20). The first kappa shape index (κ1) is 15.8. The lowest BCUT2D eigenvalue weighted by Gasteiger charge is -2.07. The lowest BCUT2D eigenvalue weighted by molar-refractivity contribution is -0.118. The quantitative estimate of drug-likeness (QED) is 0.798. The van der Waals surface area contributed by atoms with E-state index in [0.29, 0.717) is 11.7 Å². The fourth-order valence-electron chi connectivity index (χ4n) is 1.58. The Kier molecular flexibility index (Phi) is 5.58. The molecule has 21 heavy (non-hydrogen) atoms. The first-order chi connectivity index (χ1) is 10.1. The molecule has 110 valence electrons. The third-order valence-electron chi connectivity index (χ3n) is 2.64. The van der Waals surface area contributed by atoms with Crippen LogP contribution in [0.3, 0.4) is 0 Å². The largest absolute Gasteiger partial charge is 0.351 e. The predicted molar refractivity (Wildman–Crippen MR) is 87.9 cm³/mol. The predicted octanol–water partition coefficient (Wildman–Crippen LogP) is 2.69. The van der Waals surface area contributed by atoms with E-state index in [-0.39, 0.29) is 11.7 Å². The minimum absolute atomic E-state index is 0.0703. The molecule has 0 aliphatic heterocycles. The SMILES string of the molecule is C=C(Br)CNC(=O)CSc1nncn1-c1ccc(C)cc1. The number of carbonyl (C=O) groups excluding carboxylic acids is 1. The number of aromatic nitrogens is 3. The molecule has 0 radical (unpaired) electrons. The zero-order chi connectivity index (χ0) is 15.2. The summed E-state index contributed by atoms with van der Waals surface area (Å²) in [7, 11) is 0. The van der Waals surface area contributed by atoms with Gasteiger partial charge in [0.15, 0.2) is 5.16 Å². The lowest BCUT2D eigenvalue weighted by atomic mass is 10.2. The average molecular weight is 367 g/mol. The van der Waals surface area contributed by atoms with Crippen molar-refractivity contribution in [3.63, 3.8) is 0 Å². The van der Waals surface area contributed by atoms with E-state index in [0.717, 1.165) is 10.2 Å². The van der Waals surface area contributed by atoms with Gasteiger partial charge in [0.25, 0.3) is 0 Å². The van der Waals surface area contributed by atoms with Gasteiger partial charge in [0.2, 0.25) is 5.91 Å². The molecule has 0 spiro atoms. The molecule has 1 aromatic heterocycles. The molecule has 2 aromatic rings. The van der Waals surface area contributed by atoms with Crippen molar-refractivity contribution in [3.05, 3.63) is 47.2 Å². The molecular weight excluding hydrogens is 352 g/mol. The van der Waals surface area contributed by atoms with E-state index in [1.807, 2.05) is 35.8 Å². The van der Waals surface area contributed by atoms with Crippen LogP contribution in [0.2, 0.25) is 0 Å². The molecule has 0 aliphatic rings. The molecule has 7 heteroatoms. The number of thioether (sulfide) groups is 1. The third-order valence-corrected chi connectivity index (χ3v) is 3.86. The van der Waals surface area contributed by atoms with Gasteiger partial charge in [-0.15, -0.1) is 10.2 Å². The van der Waals surface area contributed by atoms with Gasteiger partial charge in [-0.1, -0.05) is 52.0 Å². The van der Waals surface area contributed by atoms with Crippen molar-refractivity contribution in [2.24, 2.45) is 0 Å². The normalized spacial score (nSPS) is 10.4. The van der Waals surface area contributed by atoms with Crippen molar-refractivity contribution in [3.8, 4) is 5.69 Å². The molecule has 0 aliphatic carbocycles. The molecule has 5 nitrogen and oxygen atoms in total. The number of hydrogen-bond acceptors (Lipinski definition) is 4. The third kappa shape index (κ3) is 4.71. The minimum Gasteiger partial charge on any atom is -0.351 e. The fraction of sp³-hybridized carbons (Fsp3) is 0.214. The summed E-state index contributed by atoms with van der Waals surface area (Å²) in [5.74, 6) is 0.212. The molecule has 0 bridgehead atoms. The van der Waals surface area contributed by atoms with Crippen LogP contribution in [0.15, 0.2) is 46.8 Å². The summed E-state index contributed by atoms with van der Waals surface area (Å²) in [6, 6.07) is 8.05. The molecule has 0 fully saturated rings. The first-order valence-corrected chi connectivity index (χ1v) is 8.04. The molecule has 1 aromatic carbocycles. The zero-order valence-corrected chi connectivity index (χ0v) is 13.9. The number of rotatable bonds is 6. The highest BCUT2D eigenvalue weighted by Crippen LogP contribution is 2.19. The molecule has 0 unspecified atom stereocenters. The highest BCUT2D eigenvalue weighted by Gasteiger charge is 2.09. The summed E-state index contributed by atoms with van der Waals surface area (Å²) < 4.78 is 2.60. The number of aryl methyl sites for hydroxylation is 1. The van der Waals surface area contributed by atoms with Crippen molar-refractivity contribution in [2.75, 3.05) is 12.3 Å². The molecule has 0 atom stereocenters. The Labute approximate surface area is 136 Å². The zero-order valence-electron chi connectivity index (χ0n) is 11.5. The minimum atomic E-state index is -0.0703. The van der Waals surface area contributed by atoms with Gasteiger partial charge in [0.1, 0.15) is 6.33 Å². The number of halogens is 1. The maximum absolute atomic E-state index is 11.7. The topological polar surface area (TPSA) is 59.8 Å². The van der Waals surface area contributed by atoms with E-state index in [1.165, 1.54) is 17.3 Å². The highest BCUT2D eigenvalue weighted by molar-refractivity contribution is 9.11. The molecule has 2 rings (SSSR count). The van der Waals surface area contributed by atoms with Gasteiger partial charge in [0, 0.05) is 16.7 Å². The summed E-state index contributed by atoms with van der Waals surface area (Å²) in [6.45, 7) is 6.12. The lowest BCUT2D eigenvalue weighted by Crippen LogP contribution is -2.26. The van der Waals surface area contributed by atoms with Crippen LogP contribution < -0.4 is 5.32 Å². The summed E-state index contributed by atoms with van der Waals surface area (Å²) in [5, 5.41) is 11.4. The second-order valence-corrected chi connectivity index (χ2v) is 6.47. The number of amides is 1. The van der Waals surface area contributed by atoms with Crippen LogP contribution in [0.5, 0.6) is 0 Å². The second-order valence-electron chi connectivity index (χ2n) is 4.40. The van der Waals surface area contributed by atoms with Gasteiger partial charge in [-0.3, -0.25) is 9.36 Å². The molecule has 1 N–H and O–H groups in total. The van der Waals surface area contributed by atoms with Crippen molar-refractivity contribution in [1.29, 1.82) is 0 Å². The number of hydrogen-bond donors (Lipinski definition) is 1. The first-order valence-electron chi connectivity index (χ1n) is 6.26. The Morgan fingerprint density at radius 1 is 1.43 bits per heavy atom. The summed E-state index contributed by atoms with van der Waals surface area (Å²) in [4.78, 5) is 11.7. The van der Waals surface area contributed by atoms with Crippen LogP contribution in [0.25, 0.3) is 5.69 Å². The van der Waals surface area contributed by atoms with Crippen LogP contribution in [0.4, 0.5) is 0 Å². The van der Waals surface area contributed by atoms with Gasteiger partial charge in [-0.25, -0.2) is 0 Å². The van der Waals surface area contributed by atoms with Crippen molar-refractivity contribution < 1.29 is 4.79 Å². The number of benzene rings is 1. The summed E-state index contributed by atoms with van der Waals surface area (Å²) in [6.07, 6.45) is 1.64. The Morgan fingerprint density at radius 3 is 2.81 bits per heavy atom. The monoisotopic (exact) mass is 366 g/mol. The molecule has 0 saturated carbocycles. The summed E-state index contributed by atoms with van der Waals surface area (Å²) >= 11 is 4.54. The molecular formula is C14H15BrN4OS. The highest BCUT2D eigenvalue weighted by atomic mass is 79.9. The Bertz CT molecular complexity index is 639. The van der Waals surface area contributed by atoms with E-state index in [4.69, 9.17) is 0 Å². The molecule has 0 saturated heterocycles. The van der Waals surface area contributed by atoms with E-state index < -0.39 is 0 Å². The van der Waals surface area contributed by atoms with Crippen LogP contribution in [-0.2, 0) is 4.79 Å². The van der Waals surface area contributed by atoms with Crippen LogP contribution in [0, 0.1) is 6.92 Å². The number of nitrogens with zero attached hydrogens (tertiary/aromatic N) is 3. The van der Waals surface area contributed by atoms with Crippen molar-refractivity contribution in [2.45, 2.75) is 12.1 Å².